The number of aliphatic hydroxyl groups is 1. The molecule has 1 amide bonds. The van der Waals surface area contributed by atoms with Gasteiger partial charge in [0.2, 0.25) is 5.91 Å². The molecule has 3 N–H and O–H groups in total. The van der Waals surface area contributed by atoms with Crippen LogP contribution in [-0.4, -0.2) is 17.1 Å². The summed E-state index contributed by atoms with van der Waals surface area (Å²) in [4.78, 5) is 10.5. The first-order valence-corrected chi connectivity index (χ1v) is 5.30. The SMILES string of the molecule is CCCCC/C=C/CC[C@@H](O)C(N)=O. The average molecular weight is 199 g/mol. The molecule has 0 bridgehead atoms. The van der Waals surface area contributed by atoms with E-state index < -0.39 is 12.0 Å². The molecule has 0 aromatic carbocycles. The lowest BCUT2D eigenvalue weighted by Crippen LogP contribution is -2.27. The molecule has 0 aromatic heterocycles. The van der Waals surface area contributed by atoms with E-state index in [2.05, 4.69) is 13.0 Å². The van der Waals surface area contributed by atoms with Gasteiger partial charge in [-0.25, -0.2) is 0 Å². The van der Waals surface area contributed by atoms with Crippen molar-refractivity contribution in [1.82, 2.24) is 0 Å². The molecule has 0 aromatic rings. The summed E-state index contributed by atoms with van der Waals surface area (Å²) in [6.45, 7) is 2.17. The van der Waals surface area contributed by atoms with Crippen LogP contribution in [0.2, 0.25) is 0 Å². The van der Waals surface area contributed by atoms with Crippen molar-refractivity contribution in [1.29, 1.82) is 0 Å². The van der Waals surface area contributed by atoms with Gasteiger partial charge < -0.3 is 10.8 Å². The highest BCUT2D eigenvalue weighted by molar-refractivity contribution is 5.78. The number of rotatable bonds is 8. The van der Waals surface area contributed by atoms with Gasteiger partial charge in [-0.15, -0.1) is 0 Å². The first-order valence-electron chi connectivity index (χ1n) is 5.30. The Morgan fingerprint density at radius 1 is 1.36 bits per heavy atom. The molecule has 0 spiro atoms. The minimum absolute atomic E-state index is 0.430. The number of hydrogen-bond donors (Lipinski definition) is 2. The molecule has 82 valence electrons. The molecule has 0 aliphatic heterocycles. The lowest BCUT2D eigenvalue weighted by molar-refractivity contribution is -0.126. The van der Waals surface area contributed by atoms with Crippen LogP contribution < -0.4 is 5.73 Å². The van der Waals surface area contributed by atoms with Gasteiger partial charge in [0.05, 0.1) is 0 Å². The van der Waals surface area contributed by atoms with E-state index >= 15 is 0 Å². The fraction of sp³-hybridized carbons (Fsp3) is 0.727. The number of aliphatic hydroxyl groups excluding tert-OH is 1. The number of nitrogens with two attached hydrogens (primary N) is 1. The van der Waals surface area contributed by atoms with Gasteiger partial charge in [0.25, 0.3) is 0 Å². The summed E-state index contributed by atoms with van der Waals surface area (Å²) in [5, 5.41) is 9.06. The zero-order chi connectivity index (χ0) is 10.8. The maximum atomic E-state index is 10.5. The van der Waals surface area contributed by atoms with E-state index in [-0.39, 0.29) is 0 Å². The molecule has 0 unspecified atom stereocenters. The first-order chi connectivity index (χ1) is 6.68. The van der Waals surface area contributed by atoms with E-state index in [0.717, 1.165) is 12.8 Å². The standard InChI is InChI=1S/C11H21NO2/c1-2-3-4-5-6-7-8-9-10(13)11(12)14/h6-7,10,13H,2-5,8-9H2,1H3,(H2,12,14)/b7-6+/t10-/m1/s1. The number of allylic oxidation sites excluding steroid dienone is 2. The Bertz CT molecular complexity index is 178. The van der Waals surface area contributed by atoms with Crippen molar-refractivity contribution in [3.05, 3.63) is 12.2 Å². The van der Waals surface area contributed by atoms with E-state index in [9.17, 15) is 4.79 Å². The fourth-order valence-corrected chi connectivity index (χ4v) is 1.14. The van der Waals surface area contributed by atoms with Crippen molar-refractivity contribution in [3.63, 3.8) is 0 Å². The molecule has 0 rings (SSSR count). The monoisotopic (exact) mass is 199 g/mol. The molecule has 14 heavy (non-hydrogen) atoms. The number of hydrogen-bond acceptors (Lipinski definition) is 2. The Kier molecular flexibility index (Phi) is 8.24. The molecule has 0 saturated carbocycles. The summed E-state index contributed by atoms with van der Waals surface area (Å²) in [5.41, 5.74) is 4.90. The van der Waals surface area contributed by atoms with Crippen molar-refractivity contribution >= 4 is 5.91 Å². The summed E-state index contributed by atoms with van der Waals surface area (Å²) in [7, 11) is 0. The highest BCUT2D eigenvalue weighted by atomic mass is 16.3. The normalized spacial score (nSPS) is 13.3. The third-order valence-electron chi connectivity index (χ3n) is 2.08. The predicted octanol–water partition coefficient (Wildman–Crippen LogP) is 1.75. The summed E-state index contributed by atoms with van der Waals surface area (Å²) in [6.07, 6.45) is 9.05. The van der Waals surface area contributed by atoms with Gasteiger partial charge in [0.15, 0.2) is 0 Å². The topological polar surface area (TPSA) is 63.3 Å². The highest BCUT2D eigenvalue weighted by Crippen LogP contribution is 2.02. The van der Waals surface area contributed by atoms with Crippen LogP contribution in [0, 0.1) is 0 Å². The molecule has 0 saturated heterocycles. The average Bonchev–Trinajstić information content (AvgIpc) is 2.16. The minimum Gasteiger partial charge on any atom is -0.383 e. The van der Waals surface area contributed by atoms with Crippen LogP contribution >= 0.6 is 0 Å². The van der Waals surface area contributed by atoms with Crippen LogP contribution in [0.15, 0.2) is 12.2 Å². The summed E-state index contributed by atoms with van der Waals surface area (Å²) < 4.78 is 0. The maximum Gasteiger partial charge on any atom is 0.246 e. The van der Waals surface area contributed by atoms with Gasteiger partial charge in [0, 0.05) is 0 Å². The van der Waals surface area contributed by atoms with Gasteiger partial charge in [-0.2, -0.15) is 0 Å². The van der Waals surface area contributed by atoms with Crippen molar-refractivity contribution in [2.45, 2.75) is 51.6 Å². The molecule has 0 aliphatic rings. The van der Waals surface area contributed by atoms with Crippen LogP contribution in [0.5, 0.6) is 0 Å². The molecule has 3 nitrogen and oxygen atoms in total. The van der Waals surface area contributed by atoms with E-state index in [0.29, 0.717) is 6.42 Å². The number of carbonyl (C=O) groups excluding carboxylic acids is 1. The second-order valence-corrected chi connectivity index (χ2v) is 3.46. The van der Waals surface area contributed by atoms with Crippen LogP contribution in [-0.2, 0) is 4.79 Å². The zero-order valence-corrected chi connectivity index (χ0v) is 8.91. The third kappa shape index (κ3) is 7.80. The molecule has 1 atom stereocenters. The molecule has 0 aliphatic carbocycles. The van der Waals surface area contributed by atoms with Crippen LogP contribution in [0.4, 0.5) is 0 Å². The number of amides is 1. The summed E-state index contributed by atoms with van der Waals surface area (Å²) >= 11 is 0. The van der Waals surface area contributed by atoms with E-state index in [4.69, 9.17) is 10.8 Å². The van der Waals surface area contributed by atoms with Gasteiger partial charge in [-0.3, -0.25) is 4.79 Å². The predicted molar refractivity (Wildman–Crippen MR) is 57.7 cm³/mol. The summed E-state index contributed by atoms with van der Waals surface area (Å²) in [6, 6.07) is 0. The number of primary amides is 1. The lowest BCUT2D eigenvalue weighted by Gasteiger charge is -2.02. The van der Waals surface area contributed by atoms with Crippen molar-refractivity contribution in [2.75, 3.05) is 0 Å². The van der Waals surface area contributed by atoms with Crippen LogP contribution in [0.3, 0.4) is 0 Å². The Balaban J connectivity index is 3.30. The van der Waals surface area contributed by atoms with Gasteiger partial charge in [-0.1, -0.05) is 31.9 Å². The van der Waals surface area contributed by atoms with Crippen LogP contribution in [0.25, 0.3) is 0 Å². The van der Waals surface area contributed by atoms with Gasteiger partial charge in [0.1, 0.15) is 6.10 Å². The van der Waals surface area contributed by atoms with Crippen LogP contribution in [0.1, 0.15) is 45.4 Å². The van der Waals surface area contributed by atoms with E-state index in [1.807, 2.05) is 6.08 Å². The van der Waals surface area contributed by atoms with Crippen molar-refractivity contribution in [3.8, 4) is 0 Å². The van der Waals surface area contributed by atoms with Crippen molar-refractivity contribution < 1.29 is 9.90 Å². The largest absolute Gasteiger partial charge is 0.383 e. The third-order valence-corrected chi connectivity index (χ3v) is 2.08. The Hall–Kier alpha value is -0.830. The second-order valence-electron chi connectivity index (χ2n) is 3.46. The lowest BCUT2D eigenvalue weighted by atomic mass is 10.1. The smallest absolute Gasteiger partial charge is 0.246 e. The maximum absolute atomic E-state index is 10.5. The van der Waals surface area contributed by atoms with Crippen molar-refractivity contribution in [2.24, 2.45) is 5.73 Å². The van der Waals surface area contributed by atoms with E-state index in [1.54, 1.807) is 0 Å². The zero-order valence-electron chi connectivity index (χ0n) is 8.91. The first kappa shape index (κ1) is 13.2. The fourth-order valence-electron chi connectivity index (χ4n) is 1.14. The second kappa shape index (κ2) is 8.75. The molecule has 0 heterocycles. The summed E-state index contributed by atoms with van der Waals surface area (Å²) in [5.74, 6) is -0.635. The highest BCUT2D eigenvalue weighted by Gasteiger charge is 2.07. The minimum atomic E-state index is -0.990. The molecular weight excluding hydrogens is 178 g/mol. The Morgan fingerprint density at radius 2 is 2.00 bits per heavy atom. The van der Waals surface area contributed by atoms with Gasteiger partial charge in [-0.05, 0) is 25.7 Å². The molecule has 3 heteroatoms. The Morgan fingerprint density at radius 3 is 2.57 bits per heavy atom. The molecular formula is C11H21NO2. The Labute approximate surface area is 86.0 Å². The number of unbranched alkanes of at least 4 members (excludes halogenated alkanes) is 3. The molecule has 0 radical (unpaired) electrons. The van der Waals surface area contributed by atoms with Gasteiger partial charge >= 0.3 is 0 Å². The number of carbonyl (C=O) groups is 1. The quantitative estimate of drug-likeness (QED) is 0.462. The van der Waals surface area contributed by atoms with E-state index in [1.165, 1.54) is 19.3 Å². The molecule has 0 fully saturated rings.